The third-order valence-corrected chi connectivity index (χ3v) is 4.27. The molecule has 1 aromatic carbocycles. The van der Waals surface area contributed by atoms with Gasteiger partial charge in [-0.05, 0) is 37.0 Å². The van der Waals surface area contributed by atoms with Crippen LogP contribution in [0.15, 0.2) is 22.7 Å². The Morgan fingerprint density at radius 3 is 3.00 bits per heavy atom. The van der Waals surface area contributed by atoms with Crippen LogP contribution < -0.4 is 4.74 Å². The summed E-state index contributed by atoms with van der Waals surface area (Å²) in [5.41, 5.74) is 0.655. The number of ether oxygens (including phenoxy) is 1. The monoisotopic (exact) mass is 325 g/mol. The fourth-order valence-electron chi connectivity index (χ4n) is 2.59. The van der Waals surface area contributed by atoms with Crippen molar-refractivity contribution >= 4 is 21.8 Å². The van der Waals surface area contributed by atoms with E-state index in [0.29, 0.717) is 17.2 Å². The quantitative estimate of drug-likeness (QED) is 0.847. The third kappa shape index (κ3) is 3.30. The summed E-state index contributed by atoms with van der Waals surface area (Å²) in [6.07, 6.45) is 3.47. The van der Waals surface area contributed by atoms with Crippen molar-refractivity contribution in [3.8, 4) is 5.75 Å². The highest BCUT2D eigenvalue weighted by Crippen LogP contribution is 2.27. The minimum absolute atomic E-state index is 0.0856. The van der Waals surface area contributed by atoms with Gasteiger partial charge in [0.2, 0.25) is 0 Å². The molecule has 3 nitrogen and oxygen atoms in total. The maximum atomic E-state index is 12.6. The molecule has 1 aliphatic heterocycles. The predicted molar refractivity (Wildman–Crippen MR) is 79.6 cm³/mol. The highest BCUT2D eigenvalue weighted by atomic mass is 79.9. The molecule has 4 heteroatoms. The minimum Gasteiger partial charge on any atom is -0.496 e. The van der Waals surface area contributed by atoms with Gasteiger partial charge >= 0.3 is 0 Å². The largest absolute Gasteiger partial charge is 0.496 e. The first-order chi connectivity index (χ1) is 9.15. The Morgan fingerprint density at radius 1 is 1.53 bits per heavy atom. The lowest BCUT2D eigenvalue weighted by atomic mass is 9.95. The van der Waals surface area contributed by atoms with Crippen molar-refractivity contribution in [3.63, 3.8) is 0 Å². The van der Waals surface area contributed by atoms with E-state index in [4.69, 9.17) is 4.74 Å². The summed E-state index contributed by atoms with van der Waals surface area (Å²) in [6.45, 7) is 3.92. The summed E-state index contributed by atoms with van der Waals surface area (Å²) in [7, 11) is 1.60. The molecule has 1 unspecified atom stereocenters. The van der Waals surface area contributed by atoms with Gasteiger partial charge < -0.3 is 9.64 Å². The molecule has 1 saturated heterocycles. The maximum Gasteiger partial charge on any atom is 0.257 e. The Morgan fingerprint density at radius 2 is 2.32 bits per heavy atom. The minimum atomic E-state index is 0.0856. The molecule has 2 rings (SSSR count). The molecular weight excluding hydrogens is 306 g/mol. The van der Waals surface area contributed by atoms with Gasteiger partial charge in [-0.15, -0.1) is 0 Å². The van der Waals surface area contributed by atoms with Gasteiger partial charge in [0.15, 0.2) is 0 Å². The summed E-state index contributed by atoms with van der Waals surface area (Å²) < 4.78 is 6.24. The number of benzene rings is 1. The van der Waals surface area contributed by atoms with Crippen LogP contribution in [0.2, 0.25) is 0 Å². The summed E-state index contributed by atoms with van der Waals surface area (Å²) in [4.78, 5) is 14.5. The van der Waals surface area contributed by atoms with Crippen LogP contribution in [0.5, 0.6) is 5.75 Å². The van der Waals surface area contributed by atoms with Crippen molar-refractivity contribution in [1.29, 1.82) is 0 Å². The zero-order valence-corrected chi connectivity index (χ0v) is 13.1. The van der Waals surface area contributed by atoms with Crippen LogP contribution in [-0.4, -0.2) is 31.0 Å². The van der Waals surface area contributed by atoms with E-state index in [2.05, 4.69) is 22.9 Å². The number of carbonyl (C=O) groups excluding carboxylic acids is 1. The van der Waals surface area contributed by atoms with E-state index in [9.17, 15) is 4.79 Å². The number of hydrogen-bond acceptors (Lipinski definition) is 2. The van der Waals surface area contributed by atoms with E-state index in [0.717, 1.165) is 30.4 Å². The Bertz CT molecular complexity index is 461. The SMILES string of the molecule is CCC1CCCN(C(=O)c2ccc(Br)cc2OC)C1. The van der Waals surface area contributed by atoms with Gasteiger partial charge in [-0.25, -0.2) is 0 Å². The first-order valence-electron chi connectivity index (χ1n) is 6.78. The molecule has 19 heavy (non-hydrogen) atoms. The van der Waals surface area contributed by atoms with E-state index in [1.165, 1.54) is 6.42 Å². The number of hydrogen-bond donors (Lipinski definition) is 0. The number of amides is 1. The van der Waals surface area contributed by atoms with Gasteiger partial charge in [0.25, 0.3) is 5.91 Å². The number of likely N-dealkylation sites (tertiary alicyclic amines) is 1. The molecule has 1 fully saturated rings. The van der Waals surface area contributed by atoms with Gasteiger partial charge in [-0.2, -0.15) is 0 Å². The van der Waals surface area contributed by atoms with E-state index < -0.39 is 0 Å². The maximum absolute atomic E-state index is 12.6. The zero-order valence-electron chi connectivity index (χ0n) is 11.5. The molecule has 0 saturated carbocycles. The normalized spacial score (nSPS) is 19.3. The van der Waals surface area contributed by atoms with Crippen LogP contribution in [0, 0.1) is 5.92 Å². The van der Waals surface area contributed by atoms with Gasteiger partial charge in [0, 0.05) is 17.6 Å². The molecule has 1 aromatic rings. The average Bonchev–Trinajstić information content (AvgIpc) is 2.46. The summed E-state index contributed by atoms with van der Waals surface area (Å²) >= 11 is 3.40. The first kappa shape index (κ1) is 14.4. The number of nitrogens with zero attached hydrogens (tertiary/aromatic N) is 1. The Balaban J connectivity index is 2.19. The molecule has 0 bridgehead atoms. The van der Waals surface area contributed by atoms with E-state index in [1.807, 2.05) is 23.1 Å². The van der Waals surface area contributed by atoms with Crippen molar-refractivity contribution < 1.29 is 9.53 Å². The highest BCUT2D eigenvalue weighted by Gasteiger charge is 2.25. The Labute approximate surface area is 123 Å². The van der Waals surface area contributed by atoms with Crippen LogP contribution in [0.3, 0.4) is 0 Å². The molecule has 1 aliphatic rings. The van der Waals surface area contributed by atoms with Gasteiger partial charge in [-0.3, -0.25) is 4.79 Å². The summed E-state index contributed by atoms with van der Waals surface area (Å²) in [5.74, 6) is 1.36. The van der Waals surface area contributed by atoms with Crippen molar-refractivity contribution in [1.82, 2.24) is 4.90 Å². The predicted octanol–water partition coefficient (Wildman–Crippen LogP) is 3.72. The number of carbonyl (C=O) groups is 1. The first-order valence-corrected chi connectivity index (χ1v) is 7.57. The molecule has 0 aliphatic carbocycles. The lowest BCUT2D eigenvalue weighted by molar-refractivity contribution is 0.0668. The van der Waals surface area contributed by atoms with Crippen molar-refractivity contribution in [2.24, 2.45) is 5.92 Å². The molecule has 1 heterocycles. The van der Waals surface area contributed by atoms with E-state index in [-0.39, 0.29) is 5.91 Å². The summed E-state index contributed by atoms with van der Waals surface area (Å²) in [5, 5.41) is 0. The Kier molecular flexibility index (Phi) is 4.86. The number of rotatable bonds is 3. The lowest BCUT2D eigenvalue weighted by Crippen LogP contribution is -2.39. The molecule has 1 atom stereocenters. The second kappa shape index (κ2) is 6.42. The fraction of sp³-hybridized carbons (Fsp3) is 0.533. The van der Waals surface area contributed by atoms with E-state index >= 15 is 0 Å². The Hall–Kier alpha value is -1.03. The van der Waals surface area contributed by atoms with Gasteiger partial charge in [-0.1, -0.05) is 29.3 Å². The van der Waals surface area contributed by atoms with Gasteiger partial charge in [0.1, 0.15) is 5.75 Å². The molecule has 0 N–H and O–H groups in total. The molecule has 0 spiro atoms. The van der Waals surface area contributed by atoms with E-state index in [1.54, 1.807) is 7.11 Å². The molecule has 0 radical (unpaired) electrons. The van der Waals surface area contributed by atoms with Crippen LogP contribution in [0.4, 0.5) is 0 Å². The average molecular weight is 326 g/mol. The standard InChI is InChI=1S/C15H20BrNO2/c1-3-11-5-4-8-17(10-11)15(18)13-7-6-12(16)9-14(13)19-2/h6-7,9,11H,3-5,8,10H2,1-2H3. The molecule has 1 amide bonds. The van der Waals surface area contributed by atoms with Crippen LogP contribution in [0.1, 0.15) is 36.5 Å². The number of piperidine rings is 1. The van der Waals surface area contributed by atoms with Crippen molar-refractivity contribution in [2.75, 3.05) is 20.2 Å². The topological polar surface area (TPSA) is 29.5 Å². The van der Waals surface area contributed by atoms with Crippen molar-refractivity contribution in [2.45, 2.75) is 26.2 Å². The third-order valence-electron chi connectivity index (χ3n) is 3.78. The van der Waals surface area contributed by atoms with Crippen LogP contribution in [0.25, 0.3) is 0 Å². The molecule has 0 aromatic heterocycles. The second-order valence-electron chi connectivity index (χ2n) is 5.01. The fourth-order valence-corrected chi connectivity index (χ4v) is 2.93. The molecule has 104 valence electrons. The van der Waals surface area contributed by atoms with Crippen LogP contribution in [-0.2, 0) is 0 Å². The molecular formula is C15H20BrNO2. The van der Waals surface area contributed by atoms with Gasteiger partial charge in [0.05, 0.1) is 12.7 Å². The highest BCUT2D eigenvalue weighted by molar-refractivity contribution is 9.10. The zero-order chi connectivity index (χ0) is 13.8. The number of methoxy groups -OCH3 is 1. The lowest BCUT2D eigenvalue weighted by Gasteiger charge is -2.32. The van der Waals surface area contributed by atoms with Crippen LogP contribution >= 0.6 is 15.9 Å². The van der Waals surface area contributed by atoms with Crippen molar-refractivity contribution in [3.05, 3.63) is 28.2 Å². The second-order valence-corrected chi connectivity index (χ2v) is 5.93. The summed E-state index contributed by atoms with van der Waals surface area (Å²) in [6, 6.07) is 5.56. The smallest absolute Gasteiger partial charge is 0.257 e. The number of halogens is 1.